The molecule has 1 saturated heterocycles. The molecule has 2 amide bonds. The smallest absolute Gasteiger partial charge is 0.322 e. The Morgan fingerprint density at radius 2 is 2.22 bits per heavy atom. The molecule has 3 N–H and O–H groups in total. The van der Waals surface area contributed by atoms with Gasteiger partial charge < -0.3 is 16.0 Å². The highest BCUT2D eigenvalue weighted by molar-refractivity contribution is 5.89. The first-order valence-corrected chi connectivity index (χ1v) is 6.24. The van der Waals surface area contributed by atoms with Crippen molar-refractivity contribution in [2.24, 2.45) is 5.73 Å². The molecule has 0 radical (unpaired) electrons. The number of nitrogens with one attached hydrogen (secondary N) is 1. The summed E-state index contributed by atoms with van der Waals surface area (Å²) in [6.07, 6.45) is 2.98. The Bertz CT molecular complexity index is 424. The Morgan fingerprint density at radius 3 is 2.94 bits per heavy atom. The van der Waals surface area contributed by atoms with Crippen LogP contribution in [0.5, 0.6) is 0 Å². The van der Waals surface area contributed by atoms with E-state index < -0.39 is 5.82 Å². The van der Waals surface area contributed by atoms with Crippen molar-refractivity contribution in [2.45, 2.75) is 25.3 Å². The Kier molecular flexibility index (Phi) is 4.15. The van der Waals surface area contributed by atoms with Gasteiger partial charge in [0.05, 0.1) is 5.69 Å². The Balaban J connectivity index is 2.05. The van der Waals surface area contributed by atoms with E-state index in [1.165, 1.54) is 6.07 Å². The van der Waals surface area contributed by atoms with Crippen LogP contribution in [-0.4, -0.2) is 30.1 Å². The van der Waals surface area contributed by atoms with E-state index in [0.29, 0.717) is 13.1 Å². The molecule has 1 aromatic carbocycles. The number of amides is 2. The van der Waals surface area contributed by atoms with Gasteiger partial charge in [0, 0.05) is 19.1 Å². The van der Waals surface area contributed by atoms with Crippen molar-refractivity contribution in [3.05, 3.63) is 30.1 Å². The largest absolute Gasteiger partial charge is 0.328 e. The molecule has 18 heavy (non-hydrogen) atoms. The van der Waals surface area contributed by atoms with E-state index in [-0.39, 0.29) is 17.8 Å². The van der Waals surface area contributed by atoms with E-state index in [1.807, 2.05) is 0 Å². The number of halogens is 1. The first-order chi connectivity index (χ1) is 8.72. The molecule has 5 heteroatoms. The maximum absolute atomic E-state index is 13.4. The van der Waals surface area contributed by atoms with Gasteiger partial charge in [-0.2, -0.15) is 0 Å². The van der Waals surface area contributed by atoms with Gasteiger partial charge in [-0.3, -0.25) is 0 Å². The van der Waals surface area contributed by atoms with E-state index in [4.69, 9.17) is 5.73 Å². The van der Waals surface area contributed by atoms with Gasteiger partial charge in [-0.05, 0) is 31.4 Å². The molecule has 1 unspecified atom stereocenters. The minimum atomic E-state index is -0.424. The lowest BCUT2D eigenvalue weighted by Gasteiger charge is -2.34. The summed E-state index contributed by atoms with van der Waals surface area (Å²) >= 11 is 0. The third-order valence-electron chi connectivity index (χ3n) is 3.28. The van der Waals surface area contributed by atoms with Crippen LogP contribution in [0.25, 0.3) is 0 Å². The number of para-hydroxylation sites is 1. The molecule has 98 valence electrons. The van der Waals surface area contributed by atoms with Crippen LogP contribution in [0.15, 0.2) is 24.3 Å². The van der Waals surface area contributed by atoms with Crippen molar-refractivity contribution >= 4 is 11.7 Å². The average molecular weight is 251 g/mol. The fourth-order valence-corrected chi connectivity index (χ4v) is 2.26. The summed E-state index contributed by atoms with van der Waals surface area (Å²) in [5.74, 6) is -0.424. The molecule has 0 aromatic heterocycles. The number of likely N-dealkylation sites (tertiary alicyclic amines) is 1. The molecule has 0 saturated carbocycles. The Labute approximate surface area is 106 Å². The van der Waals surface area contributed by atoms with Crippen LogP contribution in [0.2, 0.25) is 0 Å². The van der Waals surface area contributed by atoms with Crippen LogP contribution in [0.3, 0.4) is 0 Å². The van der Waals surface area contributed by atoms with E-state index in [1.54, 1.807) is 23.1 Å². The second-order valence-electron chi connectivity index (χ2n) is 4.49. The Morgan fingerprint density at radius 1 is 1.44 bits per heavy atom. The summed E-state index contributed by atoms with van der Waals surface area (Å²) in [7, 11) is 0. The summed E-state index contributed by atoms with van der Waals surface area (Å²) in [6.45, 7) is 1.13. The van der Waals surface area contributed by atoms with Crippen molar-refractivity contribution in [1.29, 1.82) is 0 Å². The topological polar surface area (TPSA) is 58.4 Å². The highest BCUT2D eigenvalue weighted by Crippen LogP contribution is 2.19. The summed E-state index contributed by atoms with van der Waals surface area (Å²) in [6, 6.07) is 5.95. The molecule has 0 bridgehead atoms. The van der Waals surface area contributed by atoms with Crippen LogP contribution in [-0.2, 0) is 0 Å². The standard InChI is InChI=1S/C13H18FN3O/c14-11-6-1-2-7-12(11)16-13(18)17-8-4-3-5-10(17)9-15/h1-2,6-7,10H,3-5,8-9,15H2,(H,16,18). The SMILES string of the molecule is NCC1CCCCN1C(=O)Nc1ccccc1F. The average Bonchev–Trinajstić information content (AvgIpc) is 2.41. The van der Waals surface area contributed by atoms with Gasteiger partial charge in [0.2, 0.25) is 0 Å². The number of benzene rings is 1. The molecule has 0 spiro atoms. The van der Waals surface area contributed by atoms with Crippen molar-refractivity contribution in [3.63, 3.8) is 0 Å². The van der Waals surface area contributed by atoms with Crippen LogP contribution in [0.1, 0.15) is 19.3 Å². The number of carbonyl (C=O) groups is 1. The van der Waals surface area contributed by atoms with Crippen LogP contribution < -0.4 is 11.1 Å². The van der Waals surface area contributed by atoms with Crippen molar-refractivity contribution in [2.75, 3.05) is 18.4 Å². The predicted octanol–water partition coefficient (Wildman–Crippen LogP) is 2.17. The molecule has 0 aliphatic carbocycles. The van der Waals surface area contributed by atoms with Gasteiger partial charge in [-0.1, -0.05) is 12.1 Å². The molecular weight excluding hydrogens is 233 g/mol. The third kappa shape index (κ3) is 2.79. The molecular formula is C13H18FN3O. The summed E-state index contributed by atoms with van der Waals surface area (Å²) in [5.41, 5.74) is 5.87. The van der Waals surface area contributed by atoms with E-state index in [2.05, 4.69) is 5.32 Å². The third-order valence-corrected chi connectivity index (χ3v) is 3.28. The zero-order valence-electron chi connectivity index (χ0n) is 10.2. The zero-order chi connectivity index (χ0) is 13.0. The minimum absolute atomic E-state index is 0.0607. The van der Waals surface area contributed by atoms with Crippen LogP contribution in [0.4, 0.5) is 14.9 Å². The lowest BCUT2D eigenvalue weighted by molar-refractivity contribution is 0.166. The van der Waals surface area contributed by atoms with Gasteiger partial charge in [-0.15, -0.1) is 0 Å². The molecule has 1 atom stereocenters. The van der Waals surface area contributed by atoms with Gasteiger partial charge >= 0.3 is 6.03 Å². The number of piperidine rings is 1. The molecule has 1 aliphatic heterocycles. The van der Waals surface area contributed by atoms with E-state index >= 15 is 0 Å². The van der Waals surface area contributed by atoms with Crippen molar-refractivity contribution < 1.29 is 9.18 Å². The molecule has 1 fully saturated rings. The molecule has 2 rings (SSSR count). The molecule has 1 heterocycles. The second-order valence-corrected chi connectivity index (χ2v) is 4.49. The monoisotopic (exact) mass is 251 g/mol. The number of rotatable bonds is 2. The lowest BCUT2D eigenvalue weighted by Crippen LogP contribution is -2.49. The zero-order valence-corrected chi connectivity index (χ0v) is 10.2. The minimum Gasteiger partial charge on any atom is -0.328 e. The fraction of sp³-hybridized carbons (Fsp3) is 0.462. The van der Waals surface area contributed by atoms with Gasteiger partial charge in [0.15, 0.2) is 0 Å². The Hall–Kier alpha value is -1.62. The quantitative estimate of drug-likeness (QED) is 0.846. The van der Waals surface area contributed by atoms with Crippen molar-refractivity contribution in [1.82, 2.24) is 4.90 Å². The lowest BCUT2D eigenvalue weighted by atomic mass is 10.0. The first-order valence-electron chi connectivity index (χ1n) is 6.24. The number of urea groups is 1. The van der Waals surface area contributed by atoms with Crippen molar-refractivity contribution in [3.8, 4) is 0 Å². The maximum Gasteiger partial charge on any atom is 0.322 e. The van der Waals surface area contributed by atoms with Gasteiger partial charge in [0.1, 0.15) is 5.82 Å². The van der Waals surface area contributed by atoms with Crippen LogP contribution in [0, 0.1) is 5.82 Å². The summed E-state index contributed by atoms with van der Waals surface area (Å²) in [5, 5.41) is 2.60. The normalized spacial score (nSPS) is 19.7. The number of nitrogens with zero attached hydrogens (tertiary/aromatic N) is 1. The number of carbonyl (C=O) groups excluding carboxylic acids is 1. The fourth-order valence-electron chi connectivity index (χ4n) is 2.26. The molecule has 4 nitrogen and oxygen atoms in total. The number of nitrogens with two attached hydrogens (primary N) is 1. The van der Waals surface area contributed by atoms with E-state index in [0.717, 1.165) is 19.3 Å². The molecule has 1 aromatic rings. The van der Waals surface area contributed by atoms with Gasteiger partial charge in [-0.25, -0.2) is 9.18 Å². The number of hydrogen-bond acceptors (Lipinski definition) is 2. The highest BCUT2D eigenvalue weighted by atomic mass is 19.1. The summed E-state index contributed by atoms with van der Waals surface area (Å²) < 4.78 is 13.4. The van der Waals surface area contributed by atoms with Crippen LogP contribution >= 0.6 is 0 Å². The maximum atomic E-state index is 13.4. The number of hydrogen-bond donors (Lipinski definition) is 2. The predicted molar refractivity (Wildman–Crippen MR) is 68.8 cm³/mol. The summed E-state index contributed by atoms with van der Waals surface area (Å²) in [4.78, 5) is 13.8. The van der Waals surface area contributed by atoms with E-state index in [9.17, 15) is 9.18 Å². The van der Waals surface area contributed by atoms with Gasteiger partial charge in [0.25, 0.3) is 0 Å². The second kappa shape index (κ2) is 5.82. The molecule has 1 aliphatic rings. The number of anilines is 1. The highest BCUT2D eigenvalue weighted by Gasteiger charge is 2.25. The first kappa shape index (κ1) is 12.8.